The molecule has 0 rings (SSSR count). The van der Waals surface area contributed by atoms with Gasteiger partial charge in [-0.05, 0) is 6.42 Å². The molecule has 0 heterocycles. The summed E-state index contributed by atoms with van der Waals surface area (Å²) < 4.78 is 4.03. The van der Waals surface area contributed by atoms with E-state index in [1.165, 1.54) is 0 Å². The van der Waals surface area contributed by atoms with E-state index in [0.29, 0.717) is 6.42 Å². The Hall–Kier alpha value is -0.220. The van der Waals surface area contributed by atoms with Crippen molar-refractivity contribution in [2.24, 2.45) is 5.73 Å². The van der Waals surface area contributed by atoms with E-state index in [0.717, 1.165) is 0 Å². The average molecular weight is 135 g/mol. The molecule has 0 aromatic heterocycles. The second-order valence-corrected chi connectivity index (χ2v) is 1.61. The maximum absolute atomic E-state index is 10.3. The van der Waals surface area contributed by atoms with Crippen molar-refractivity contribution in [3.63, 3.8) is 0 Å². The lowest BCUT2D eigenvalue weighted by Gasteiger charge is -2.01. The predicted octanol–water partition coefficient (Wildman–Crippen LogP) is 0.112. The molecule has 0 aromatic carbocycles. The van der Waals surface area contributed by atoms with Gasteiger partial charge in [0.25, 0.3) is 0 Å². The Morgan fingerprint density at radius 2 is 2.50 bits per heavy atom. The summed E-state index contributed by atoms with van der Waals surface area (Å²) in [4.78, 5) is 10.3. The van der Waals surface area contributed by atoms with Gasteiger partial charge in [-0.25, -0.2) is 4.79 Å². The topological polar surface area (TPSA) is 52.3 Å². The molecule has 0 spiro atoms. The summed E-state index contributed by atoms with van der Waals surface area (Å²) in [5, 5.41) is 0. The highest BCUT2D eigenvalue weighted by Crippen LogP contribution is 1.91. The Morgan fingerprint density at radius 1 is 2.00 bits per heavy atom. The number of nitrogens with two attached hydrogens (primary N) is 1. The summed E-state index contributed by atoms with van der Waals surface area (Å²) in [6.07, 6.45) is 0.583. The standard InChI is InChI=1S/C4H9NO2S/c1-2-3(5)4(6)7-8/h3,8H,2,5H2,1H3/t3-/m0/s1. The van der Waals surface area contributed by atoms with Crippen LogP contribution in [0.2, 0.25) is 0 Å². The van der Waals surface area contributed by atoms with Crippen molar-refractivity contribution in [1.29, 1.82) is 0 Å². The Kier molecular flexibility index (Phi) is 3.64. The minimum absolute atomic E-state index is 0.476. The zero-order valence-electron chi connectivity index (χ0n) is 4.63. The monoisotopic (exact) mass is 135 g/mol. The molecular formula is C4H9NO2S. The summed E-state index contributed by atoms with van der Waals surface area (Å²) in [7, 11) is 0. The number of hydrogen-bond acceptors (Lipinski definition) is 4. The molecule has 0 saturated carbocycles. The molecule has 8 heavy (non-hydrogen) atoms. The molecular weight excluding hydrogens is 126 g/mol. The molecule has 0 saturated heterocycles. The normalized spacial score (nSPS) is 12.9. The lowest BCUT2D eigenvalue weighted by Crippen LogP contribution is -2.29. The van der Waals surface area contributed by atoms with Crippen molar-refractivity contribution in [3.8, 4) is 0 Å². The zero-order chi connectivity index (χ0) is 6.57. The molecule has 0 aliphatic rings. The third-order valence-electron chi connectivity index (χ3n) is 0.833. The fourth-order valence-electron chi connectivity index (χ4n) is 0.234. The Balaban J connectivity index is 3.46. The zero-order valence-corrected chi connectivity index (χ0v) is 5.52. The van der Waals surface area contributed by atoms with Crippen molar-refractivity contribution >= 4 is 18.9 Å². The first-order valence-corrected chi connectivity index (χ1v) is 2.69. The van der Waals surface area contributed by atoms with Crippen molar-refractivity contribution in [2.45, 2.75) is 19.4 Å². The van der Waals surface area contributed by atoms with Crippen LogP contribution in [0.15, 0.2) is 0 Å². The van der Waals surface area contributed by atoms with Crippen LogP contribution in [0.1, 0.15) is 13.3 Å². The maximum atomic E-state index is 10.3. The van der Waals surface area contributed by atoms with Gasteiger partial charge in [0.2, 0.25) is 0 Å². The van der Waals surface area contributed by atoms with Crippen LogP contribution in [-0.2, 0) is 8.98 Å². The van der Waals surface area contributed by atoms with E-state index < -0.39 is 12.0 Å². The molecule has 3 nitrogen and oxygen atoms in total. The van der Waals surface area contributed by atoms with Gasteiger partial charge in [-0.15, -0.1) is 0 Å². The second-order valence-electron chi connectivity index (χ2n) is 1.43. The molecule has 2 N–H and O–H groups in total. The minimum Gasteiger partial charge on any atom is -0.393 e. The summed E-state index contributed by atoms with van der Waals surface area (Å²) in [5.74, 6) is -0.476. The van der Waals surface area contributed by atoms with Gasteiger partial charge in [-0.2, -0.15) is 0 Å². The first-order chi connectivity index (χ1) is 3.72. The van der Waals surface area contributed by atoms with Gasteiger partial charge in [-0.1, -0.05) is 6.92 Å². The van der Waals surface area contributed by atoms with Crippen LogP contribution in [0, 0.1) is 0 Å². The molecule has 0 aliphatic carbocycles. The first-order valence-electron chi connectivity index (χ1n) is 2.33. The summed E-state index contributed by atoms with van der Waals surface area (Å²) in [6, 6.07) is -0.521. The molecule has 0 unspecified atom stereocenters. The van der Waals surface area contributed by atoms with Crippen molar-refractivity contribution in [1.82, 2.24) is 0 Å². The summed E-state index contributed by atoms with van der Waals surface area (Å²) in [5.41, 5.74) is 5.20. The van der Waals surface area contributed by atoms with Crippen LogP contribution in [0.4, 0.5) is 0 Å². The lowest BCUT2D eigenvalue weighted by atomic mass is 10.2. The van der Waals surface area contributed by atoms with Crippen LogP contribution < -0.4 is 5.73 Å². The third-order valence-corrected chi connectivity index (χ3v) is 1.01. The van der Waals surface area contributed by atoms with Crippen molar-refractivity contribution in [3.05, 3.63) is 0 Å². The Bertz CT molecular complexity index is 86.1. The molecule has 0 fully saturated rings. The van der Waals surface area contributed by atoms with Crippen LogP contribution in [-0.4, -0.2) is 12.0 Å². The van der Waals surface area contributed by atoms with Crippen LogP contribution >= 0.6 is 12.9 Å². The van der Waals surface area contributed by atoms with E-state index >= 15 is 0 Å². The molecule has 48 valence electrons. The van der Waals surface area contributed by atoms with Crippen LogP contribution in [0.25, 0.3) is 0 Å². The molecule has 0 bridgehead atoms. The van der Waals surface area contributed by atoms with E-state index in [1.54, 1.807) is 6.92 Å². The van der Waals surface area contributed by atoms with Gasteiger partial charge < -0.3 is 9.92 Å². The molecule has 1 atom stereocenters. The van der Waals surface area contributed by atoms with Gasteiger partial charge in [0.1, 0.15) is 6.04 Å². The highest BCUT2D eigenvalue weighted by Gasteiger charge is 2.09. The van der Waals surface area contributed by atoms with Crippen molar-refractivity contribution in [2.75, 3.05) is 0 Å². The SMILES string of the molecule is CC[C@H](N)C(=O)OS. The average Bonchev–Trinajstić information content (AvgIpc) is 1.84. The highest BCUT2D eigenvalue weighted by atomic mass is 32.1. The van der Waals surface area contributed by atoms with E-state index in [-0.39, 0.29) is 0 Å². The fraction of sp³-hybridized carbons (Fsp3) is 0.750. The Morgan fingerprint density at radius 3 is 2.62 bits per heavy atom. The molecule has 0 amide bonds. The fourth-order valence-corrected chi connectivity index (χ4v) is 0.370. The molecule has 0 aliphatic heterocycles. The van der Waals surface area contributed by atoms with Gasteiger partial charge >= 0.3 is 5.97 Å². The largest absolute Gasteiger partial charge is 0.393 e. The van der Waals surface area contributed by atoms with Gasteiger partial charge in [0, 0.05) is 12.9 Å². The van der Waals surface area contributed by atoms with Gasteiger partial charge in [0.05, 0.1) is 0 Å². The minimum atomic E-state index is -0.521. The number of carbonyl (C=O) groups excluding carboxylic acids is 1. The van der Waals surface area contributed by atoms with Crippen LogP contribution in [0.3, 0.4) is 0 Å². The van der Waals surface area contributed by atoms with E-state index in [4.69, 9.17) is 5.73 Å². The third kappa shape index (κ3) is 2.18. The summed E-state index contributed by atoms with van der Waals surface area (Å²) in [6.45, 7) is 1.80. The van der Waals surface area contributed by atoms with Gasteiger partial charge in [0.15, 0.2) is 0 Å². The van der Waals surface area contributed by atoms with E-state index in [9.17, 15) is 4.79 Å². The molecule has 0 radical (unpaired) electrons. The predicted molar refractivity (Wildman–Crippen MR) is 33.3 cm³/mol. The number of carbonyl (C=O) groups is 1. The highest BCUT2D eigenvalue weighted by molar-refractivity contribution is 7.75. The van der Waals surface area contributed by atoms with Crippen molar-refractivity contribution < 1.29 is 8.98 Å². The Labute approximate surface area is 53.8 Å². The van der Waals surface area contributed by atoms with Crippen LogP contribution in [0.5, 0.6) is 0 Å². The number of thiol groups is 1. The maximum Gasteiger partial charge on any atom is 0.334 e. The van der Waals surface area contributed by atoms with E-state index in [1.807, 2.05) is 0 Å². The smallest absolute Gasteiger partial charge is 0.334 e. The quantitative estimate of drug-likeness (QED) is 0.417. The molecule has 4 heteroatoms. The molecule has 0 aromatic rings. The number of hydrogen-bond donors (Lipinski definition) is 2. The second kappa shape index (κ2) is 3.74. The first kappa shape index (κ1) is 7.78. The number of rotatable bonds is 2. The van der Waals surface area contributed by atoms with E-state index in [2.05, 4.69) is 17.1 Å². The van der Waals surface area contributed by atoms with Gasteiger partial charge in [-0.3, -0.25) is 0 Å². The summed E-state index contributed by atoms with van der Waals surface area (Å²) >= 11 is 3.28. The lowest BCUT2D eigenvalue weighted by molar-refractivity contribution is -0.134.